The molecule has 0 unspecified atom stereocenters. The lowest BCUT2D eigenvalue weighted by Gasteiger charge is -2.19. The van der Waals surface area contributed by atoms with Gasteiger partial charge in [-0.3, -0.25) is 9.59 Å². The van der Waals surface area contributed by atoms with Gasteiger partial charge in [-0.15, -0.1) is 0 Å². The number of nitrogens with one attached hydrogen (secondary N) is 1. The summed E-state index contributed by atoms with van der Waals surface area (Å²) >= 11 is 0. The molecule has 1 aromatic carbocycles. The summed E-state index contributed by atoms with van der Waals surface area (Å²) in [6, 6.07) is 2.73. The highest BCUT2D eigenvalue weighted by atomic mass is 32.2. The van der Waals surface area contributed by atoms with Crippen LogP contribution in [0.5, 0.6) is 0 Å². The number of carbonyl (C=O) groups is 2. The third-order valence-electron chi connectivity index (χ3n) is 3.46. The van der Waals surface area contributed by atoms with Crippen LogP contribution in [0.15, 0.2) is 17.0 Å². The lowest BCUT2D eigenvalue weighted by molar-refractivity contribution is -0.146. The molecule has 0 aliphatic carbocycles. The second kappa shape index (κ2) is 6.05. The molecule has 1 aromatic rings. The Balaban J connectivity index is 3.11. The van der Waals surface area contributed by atoms with Crippen LogP contribution in [-0.4, -0.2) is 31.9 Å². The molecule has 0 atom stereocenters. The zero-order valence-corrected chi connectivity index (χ0v) is 13.7. The Hall–Kier alpha value is -1.93. The van der Waals surface area contributed by atoms with E-state index in [1.54, 1.807) is 13.8 Å². The number of aryl methyl sites for hydroxylation is 1. The number of hydrogen-bond acceptors (Lipinski definition) is 4. The highest BCUT2D eigenvalue weighted by Crippen LogP contribution is 2.20. The summed E-state index contributed by atoms with van der Waals surface area (Å²) in [6.45, 7) is 6.14. The molecular formula is C14H20N2O5S. The summed E-state index contributed by atoms with van der Waals surface area (Å²) in [7, 11) is -3.94. The topological polar surface area (TPSA) is 127 Å². The minimum atomic E-state index is -3.94. The number of amides is 1. The van der Waals surface area contributed by atoms with Crippen molar-refractivity contribution in [1.29, 1.82) is 0 Å². The van der Waals surface area contributed by atoms with Gasteiger partial charge in [-0.05, 0) is 51.0 Å². The standard InChI is InChI=1S/C14H20N2O5S/c1-8-5-10(6-11(9(8)2)22(15,20)21)12(17)16-7-14(3,4)13(18)19/h5-6H,7H2,1-4H3,(H,16,17)(H,18,19)(H2,15,20,21). The van der Waals surface area contributed by atoms with Crippen molar-refractivity contribution in [2.75, 3.05) is 6.54 Å². The third-order valence-corrected chi connectivity index (χ3v) is 4.50. The van der Waals surface area contributed by atoms with Gasteiger partial charge in [0, 0.05) is 12.1 Å². The highest BCUT2D eigenvalue weighted by Gasteiger charge is 2.28. The molecule has 0 heterocycles. The first-order valence-corrected chi connectivity index (χ1v) is 8.06. The molecule has 0 radical (unpaired) electrons. The molecule has 1 rings (SSSR count). The summed E-state index contributed by atoms with van der Waals surface area (Å²) < 4.78 is 23.1. The maximum absolute atomic E-state index is 12.1. The van der Waals surface area contributed by atoms with Crippen LogP contribution in [0, 0.1) is 19.3 Å². The van der Waals surface area contributed by atoms with E-state index in [-0.39, 0.29) is 17.0 Å². The summed E-state index contributed by atoms with van der Waals surface area (Å²) in [5.74, 6) is -1.60. The third kappa shape index (κ3) is 4.05. The zero-order chi connectivity index (χ0) is 17.3. The van der Waals surface area contributed by atoms with Crippen LogP contribution < -0.4 is 10.5 Å². The highest BCUT2D eigenvalue weighted by molar-refractivity contribution is 7.89. The van der Waals surface area contributed by atoms with Crippen LogP contribution in [0.2, 0.25) is 0 Å². The number of rotatable bonds is 5. The summed E-state index contributed by atoms with van der Waals surface area (Å²) in [6.07, 6.45) is 0. The van der Waals surface area contributed by atoms with Gasteiger partial charge < -0.3 is 10.4 Å². The van der Waals surface area contributed by atoms with Crippen molar-refractivity contribution in [1.82, 2.24) is 5.32 Å². The Morgan fingerprint density at radius 1 is 1.27 bits per heavy atom. The average molecular weight is 328 g/mol. The molecule has 0 spiro atoms. The molecule has 0 bridgehead atoms. The molecule has 4 N–H and O–H groups in total. The second-order valence-electron chi connectivity index (χ2n) is 5.83. The van der Waals surface area contributed by atoms with Crippen molar-refractivity contribution >= 4 is 21.9 Å². The number of sulfonamides is 1. The molecule has 0 aliphatic heterocycles. The number of carbonyl (C=O) groups excluding carboxylic acids is 1. The molecular weight excluding hydrogens is 308 g/mol. The molecule has 0 saturated heterocycles. The Bertz CT molecular complexity index is 723. The van der Waals surface area contributed by atoms with Crippen molar-refractivity contribution in [3.63, 3.8) is 0 Å². The van der Waals surface area contributed by atoms with Gasteiger partial charge in [0.1, 0.15) is 0 Å². The van der Waals surface area contributed by atoms with Crippen molar-refractivity contribution < 1.29 is 23.1 Å². The molecule has 0 fully saturated rings. The summed E-state index contributed by atoms with van der Waals surface area (Å²) in [4.78, 5) is 23.0. The maximum Gasteiger partial charge on any atom is 0.310 e. The molecule has 0 aliphatic rings. The Kier molecular flexibility index (Phi) is 4.99. The van der Waals surface area contributed by atoms with E-state index in [1.807, 2.05) is 0 Å². The molecule has 122 valence electrons. The fourth-order valence-electron chi connectivity index (χ4n) is 1.73. The van der Waals surface area contributed by atoms with Gasteiger partial charge in [-0.1, -0.05) is 0 Å². The fourth-order valence-corrected chi connectivity index (χ4v) is 2.61. The van der Waals surface area contributed by atoms with Crippen LogP contribution in [0.3, 0.4) is 0 Å². The lowest BCUT2D eigenvalue weighted by Crippen LogP contribution is -2.39. The van der Waals surface area contributed by atoms with Crippen LogP contribution in [0.25, 0.3) is 0 Å². The number of benzene rings is 1. The monoisotopic (exact) mass is 328 g/mol. The van der Waals surface area contributed by atoms with Crippen LogP contribution >= 0.6 is 0 Å². The average Bonchev–Trinajstić information content (AvgIpc) is 2.37. The quantitative estimate of drug-likeness (QED) is 0.736. The molecule has 0 aromatic heterocycles. The van der Waals surface area contributed by atoms with Crippen LogP contribution in [0.1, 0.15) is 35.3 Å². The first-order valence-electron chi connectivity index (χ1n) is 6.52. The van der Waals surface area contributed by atoms with Gasteiger partial charge in [0.25, 0.3) is 5.91 Å². The number of nitrogens with two attached hydrogens (primary N) is 1. The predicted octanol–water partition coefficient (Wildman–Crippen LogP) is 0.791. The van der Waals surface area contributed by atoms with E-state index in [0.717, 1.165) is 0 Å². The van der Waals surface area contributed by atoms with Crippen molar-refractivity contribution in [3.8, 4) is 0 Å². The van der Waals surface area contributed by atoms with E-state index in [1.165, 1.54) is 26.0 Å². The lowest BCUT2D eigenvalue weighted by atomic mass is 9.94. The maximum atomic E-state index is 12.1. The fraction of sp³-hybridized carbons (Fsp3) is 0.429. The van der Waals surface area contributed by atoms with E-state index >= 15 is 0 Å². The molecule has 7 nitrogen and oxygen atoms in total. The van der Waals surface area contributed by atoms with Gasteiger partial charge in [0.05, 0.1) is 10.3 Å². The van der Waals surface area contributed by atoms with Crippen molar-refractivity contribution in [2.24, 2.45) is 10.6 Å². The van der Waals surface area contributed by atoms with E-state index in [0.29, 0.717) is 11.1 Å². The minimum Gasteiger partial charge on any atom is -0.481 e. The van der Waals surface area contributed by atoms with Crippen molar-refractivity contribution in [3.05, 3.63) is 28.8 Å². The predicted molar refractivity (Wildman–Crippen MR) is 81.0 cm³/mol. The van der Waals surface area contributed by atoms with E-state index in [2.05, 4.69) is 5.32 Å². The SMILES string of the molecule is Cc1cc(C(=O)NCC(C)(C)C(=O)O)cc(S(N)(=O)=O)c1C. The van der Waals surface area contributed by atoms with Gasteiger partial charge in [0.15, 0.2) is 0 Å². The normalized spacial score (nSPS) is 12.0. The Morgan fingerprint density at radius 2 is 1.82 bits per heavy atom. The zero-order valence-electron chi connectivity index (χ0n) is 12.9. The number of carboxylic acids is 1. The van der Waals surface area contributed by atoms with E-state index < -0.39 is 27.3 Å². The summed E-state index contributed by atoms with van der Waals surface area (Å²) in [5.41, 5.74) is 0.0745. The number of primary sulfonamides is 1. The van der Waals surface area contributed by atoms with Gasteiger partial charge in [-0.25, -0.2) is 13.6 Å². The number of hydrogen-bond donors (Lipinski definition) is 3. The molecule has 22 heavy (non-hydrogen) atoms. The molecule has 8 heteroatoms. The second-order valence-corrected chi connectivity index (χ2v) is 7.36. The van der Waals surface area contributed by atoms with Crippen molar-refractivity contribution in [2.45, 2.75) is 32.6 Å². The number of carboxylic acid groups (broad SMARTS) is 1. The van der Waals surface area contributed by atoms with Gasteiger partial charge in [0.2, 0.25) is 10.0 Å². The van der Waals surface area contributed by atoms with E-state index in [9.17, 15) is 18.0 Å². The van der Waals surface area contributed by atoms with Crippen LogP contribution in [-0.2, 0) is 14.8 Å². The van der Waals surface area contributed by atoms with E-state index in [4.69, 9.17) is 10.2 Å². The smallest absolute Gasteiger partial charge is 0.310 e. The van der Waals surface area contributed by atoms with Gasteiger partial charge >= 0.3 is 5.97 Å². The minimum absolute atomic E-state index is 0.0845. The summed E-state index contributed by atoms with van der Waals surface area (Å²) in [5, 5.41) is 16.6. The molecule has 0 saturated carbocycles. The molecule has 1 amide bonds. The number of aliphatic carboxylic acids is 1. The van der Waals surface area contributed by atoms with Crippen LogP contribution in [0.4, 0.5) is 0 Å². The first kappa shape index (κ1) is 18.1. The first-order chi connectivity index (χ1) is 9.86. The Labute approximate surface area is 129 Å². The van der Waals surface area contributed by atoms with Gasteiger partial charge in [-0.2, -0.15) is 0 Å². The Morgan fingerprint density at radius 3 is 2.27 bits per heavy atom. The largest absolute Gasteiger partial charge is 0.481 e.